The van der Waals surface area contributed by atoms with Crippen LogP contribution >= 0.6 is 23.4 Å². The number of benzene rings is 1. The molecule has 1 aromatic heterocycles. The molecule has 1 heterocycles. The first-order valence-corrected chi connectivity index (χ1v) is 7.05. The first kappa shape index (κ1) is 14.1. The van der Waals surface area contributed by atoms with Crippen LogP contribution < -0.4 is 0 Å². The highest BCUT2D eigenvalue weighted by Crippen LogP contribution is 2.26. The Bertz CT molecular complexity index is 598. The van der Waals surface area contributed by atoms with Gasteiger partial charge in [0, 0.05) is 17.3 Å². The van der Waals surface area contributed by atoms with Crippen LogP contribution in [0, 0.1) is 12.7 Å². The van der Waals surface area contributed by atoms with Crippen molar-refractivity contribution in [2.75, 3.05) is 0 Å². The summed E-state index contributed by atoms with van der Waals surface area (Å²) < 4.78 is 14.9. The maximum Gasteiger partial charge on any atom is 0.191 e. The van der Waals surface area contributed by atoms with Gasteiger partial charge in [-0.1, -0.05) is 35.5 Å². The van der Waals surface area contributed by atoms with Crippen LogP contribution in [0.2, 0.25) is 5.02 Å². The molecule has 2 aromatic rings. The van der Waals surface area contributed by atoms with E-state index in [0.717, 1.165) is 16.5 Å². The predicted octanol–water partition coefficient (Wildman–Crippen LogP) is 3.86. The Morgan fingerprint density at radius 2 is 2.26 bits per heavy atom. The van der Waals surface area contributed by atoms with Gasteiger partial charge in [0.05, 0.1) is 0 Å². The summed E-state index contributed by atoms with van der Waals surface area (Å²) in [4.78, 5) is 0. The van der Waals surface area contributed by atoms with E-state index in [1.165, 1.54) is 23.9 Å². The van der Waals surface area contributed by atoms with Crippen molar-refractivity contribution < 1.29 is 4.39 Å². The smallest absolute Gasteiger partial charge is 0.191 e. The van der Waals surface area contributed by atoms with E-state index >= 15 is 0 Å². The number of allylic oxidation sites excluding steroid dienone is 1. The second-order valence-electron chi connectivity index (χ2n) is 3.95. The Morgan fingerprint density at radius 3 is 2.95 bits per heavy atom. The molecule has 2 rings (SSSR count). The fourth-order valence-corrected chi connectivity index (χ4v) is 2.90. The molecule has 1 aromatic carbocycles. The lowest BCUT2D eigenvalue weighted by Crippen LogP contribution is -2.00. The SMILES string of the molecule is C=CCn1c(C)nnc1SCc1ccc(F)cc1Cl. The van der Waals surface area contributed by atoms with Crippen molar-refractivity contribution in [3.05, 3.63) is 53.1 Å². The van der Waals surface area contributed by atoms with E-state index in [-0.39, 0.29) is 5.82 Å². The molecule has 0 unspecified atom stereocenters. The zero-order valence-electron chi connectivity index (χ0n) is 10.4. The summed E-state index contributed by atoms with van der Waals surface area (Å²) in [7, 11) is 0. The largest absolute Gasteiger partial charge is 0.302 e. The van der Waals surface area contributed by atoms with Crippen molar-refractivity contribution in [2.24, 2.45) is 0 Å². The van der Waals surface area contributed by atoms with Crippen LogP contribution in [-0.2, 0) is 12.3 Å². The van der Waals surface area contributed by atoms with Crippen LogP contribution in [0.5, 0.6) is 0 Å². The van der Waals surface area contributed by atoms with Crippen molar-refractivity contribution in [1.29, 1.82) is 0 Å². The van der Waals surface area contributed by atoms with Gasteiger partial charge in [0.25, 0.3) is 0 Å². The molecule has 19 heavy (non-hydrogen) atoms. The highest BCUT2D eigenvalue weighted by Gasteiger charge is 2.10. The van der Waals surface area contributed by atoms with Gasteiger partial charge in [-0.25, -0.2) is 4.39 Å². The number of halogens is 2. The minimum atomic E-state index is -0.329. The average Bonchev–Trinajstić information content (AvgIpc) is 2.71. The number of thioether (sulfide) groups is 1. The summed E-state index contributed by atoms with van der Waals surface area (Å²) in [6.45, 7) is 6.27. The maximum atomic E-state index is 12.9. The van der Waals surface area contributed by atoms with Gasteiger partial charge in [0.15, 0.2) is 5.16 Å². The van der Waals surface area contributed by atoms with Gasteiger partial charge >= 0.3 is 0 Å². The molecule has 3 nitrogen and oxygen atoms in total. The lowest BCUT2D eigenvalue weighted by atomic mass is 10.2. The quantitative estimate of drug-likeness (QED) is 0.620. The molecule has 0 bridgehead atoms. The number of hydrogen-bond donors (Lipinski definition) is 0. The van der Waals surface area contributed by atoms with Crippen LogP contribution in [0.4, 0.5) is 4.39 Å². The van der Waals surface area contributed by atoms with E-state index < -0.39 is 0 Å². The highest BCUT2D eigenvalue weighted by molar-refractivity contribution is 7.98. The third-order valence-electron chi connectivity index (χ3n) is 2.59. The zero-order valence-corrected chi connectivity index (χ0v) is 12.0. The molecular weight excluding hydrogens is 285 g/mol. The molecule has 0 amide bonds. The number of hydrogen-bond acceptors (Lipinski definition) is 3. The molecule has 0 spiro atoms. The summed E-state index contributed by atoms with van der Waals surface area (Å²) >= 11 is 7.51. The van der Waals surface area contributed by atoms with Crippen LogP contribution in [0.1, 0.15) is 11.4 Å². The number of aromatic nitrogens is 3. The summed E-state index contributed by atoms with van der Waals surface area (Å²) in [6.07, 6.45) is 1.80. The van der Waals surface area contributed by atoms with E-state index in [2.05, 4.69) is 16.8 Å². The second-order valence-corrected chi connectivity index (χ2v) is 5.30. The Kier molecular flexibility index (Phi) is 4.61. The van der Waals surface area contributed by atoms with Gasteiger partial charge in [-0.3, -0.25) is 0 Å². The molecule has 0 saturated heterocycles. The number of aryl methyl sites for hydroxylation is 1. The van der Waals surface area contributed by atoms with E-state index in [1.54, 1.807) is 12.1 Å². The Hall–Kier alpha value is -1.33. The van der Waals surface area contributed by atoms with Gasteiger partial charge in [-0.05, 0) is 24.6 Å². The molecule has 0 aliphatic heterocycles. The summed E-state index contributed by atoms with van der Waals surface area (Å²) in [6, 6.07) is 4.41. The Balaban J connectivity index is 2.12. The van der Waals surface area contributed by atoms with E-state index in [9.17, 15) is 4.39 Å². The van der Waals surface area contributed by atoms with E-state index in [0.29, 0.717) is 17.3 Å². The molecule has 0 saturated carbocycles. The van der Waals surface area contributed by atoms with Crippen LogP contribution in [0.3, 0.4) is 0 Å². The summed E-state index contributed by atoms with van der Waals surface area (Å²) in [5.41, 5.74) is 0.874. The molecule has 0 aliphatic rings. The molecule has 0 aliphatic carbocycles. The molecule has 6 heteroatoms. The first-order valence-electron chi connectivity index (χ1n) is 5.69. The standard InChI is InChI=1S/C13H13ClFN3S/c1-3-6-18-9(2)16-17-13(18)19-8-10-4-5-11(15)7-12(10)14/h3-5,7H,1,6,8H2,2H3. The topological polar surface area (TPSA) is 30.7 Å². The number of nitrogens with zero attached hydrogens (tertiary/aromatic N) is 3. The maximum absolute atomic E-state index is 12.9. The minimum absolute atomic E-state index is 0.329. The summed E-state index contributed by atoms with van der Waals surface area (Å²) in [5.74, 6) is 1.13. The van der Waals surface area contributed by atoms with Gasteiger partial charge in [-0.2, -0.15) is 0 Å². The fourth-order valence-electron chi connectivity index (χ4n) is 1.59. The molecular formula is C13H13ClFN3S. The highest BCUT2D eigenvalue weighted by atomic mass is 35.5. The van der Waals surface area contributed by atoms with Gasteiger partial charge in [-0.15, -0.1) is 16.8 Å². The van der Waals surface area contributed by atoms with Crippen molar-refractivity contribution in [1.82, 2.24) is 14.8 Å². The third-order valence-corrected chi connectivity index (χ3v) is 3.95. The third kappa shape index (κ3) is 3.36. The van der Waals surface area contributed by atoms with E-state index in [1.807, 2.05) is 11.5 Å². The van der Waals surface area contributed by atoms with Gasteiger partial charge in [0.1, 0.15) is 11.6 Å². The van der Waals surface area contributed by atoms with E-state index in [4.69, 9.17) is 11.6 Å². The van der Waals surface area contributed by atoms with Crippen LogP contribution in [-0.4, -0.2) is 14.8 Å². The normalized spacial score (nSPS) is 10.7. The van der Waals surface area contributed by atoms with Crippen molar-refractivity contribution in [3.63, 3.8) is 0 Å². The van der Waals surface area contributed by atoms with Crippen LogP contribution in [0.15, 0.2) is 36.0 Å². The molecule has 0 radical (unpaired) electrons. The fraction of sp³-hybridized carbons (Fsp3) is 0.231. The van der Waals surface area contributed by atoms with Crippen molar-refractivity contribution in [2.45, 2.75) is 24.4 Å². The van der Waals surface area contributed by atoms with Gasteiger partial charge in [0.2, 0.25) is 0 Å². The van der Waals surface area contributed by atoms with Crippen molar-refractivity contribution >= 4 is 23.4 Å². The second kappa shape index (κ2) is 6.21. The lowest BCUT2D eigenvalue weighted by Gasteiger charge is -2.06. The van der Waals surface area contributed by atoms with Crippen LogP contribution in [0.25, 0.3) is 0 Å². The minimum Gasteiger partial charge on any atom is -0.302 e. The van der Waals surface area contributed by atoms with Gasteiger partial charge < -0.3 is 4.57 Å². The molecule has 0 N–H and O–H groups in total. The first-order chi connectivity index (χ1) is 9.11. The number of rotatable bonds is 5. The molecule has 0 atom stereocenters. The summed E-state index contributed by atoms with van der Waals surface area (Å²) in [5, 5.41) is 9.38. The Morgan fingerprint density at radius 1 is 1.47 bits per heavy atom. The predicted molar refractivity (Wildman–Crippen MR) is 75.9 cm³/mol. The lowest BCUT2D eigenvalue weighted by molar-refractivity contribution is 0.627. The van der Waals surface area contributed by atoms with Crippen molar-refractivity contribution in [3.8, 4) is 0 Å². The molecule has 100 valence electrons. The average molecular weight is 298 g/mol. The monoisotopic (exact) mass is 297 g/mol. The Labute approximate surface area is 120 Å². The molecule has 0 fully saturated rings. The zero-order chi connectivity index (χ0) is 13.8.